The zero-order valence-electron chi connectivity index (χ0n) is 21.7. The van der Waals surface area contributed by atoms with Crippen LogP contribution in [0.25, 0.3) is 16.6 Å². The lowest BCUT2D eigenvalue weighted by Gasteiger charge is -2.31. The molecule has 5 rings (SSSR count). The third-order valence-corrected chi connectivity index (χ3v) is 6.91. The van der Waals surface area contributed by atoms with Gasteiger partial charge in [-0.15, -0.1) is 0 Å². The fourth-order valence-electron chi connectivity index (χ4n) is 4.89. The topological polar surface area (TPSA) is 55.2 Å². The van der Waals surface area contributed by atoms with Crippen LogP contribution in [0.5, 0.6) is 0 Å². The van der Waals surface area contributed by atoms with Crippen LogP contribution < -0.4 is 5.56 Å². The van der Waals surface area contributed by atoms with Gasteiger partial charge in [-0.3, -0.25) is 14.2 Å². The highest BCUT2D eigenvalue weighted by atomic mass is 16.2. The minimum Gasteiger partial charge on any atom is -0.332 e. The summed E-state index contributed by atoms with van der Waals surface area (Å²) in [6.45, 7) is 4.48. The number of aryl methyl sites for hydroxylation is 1. The van der Waals surface area contributed by atoms with Crippen molar-refractivity contribution in [2.45, 2.75) is 32.7 Å². The maximum atomic E-state index is 13.8. The van der Waals surface area contributed by atoms with Gasteiger partial charge in [0.05, 0.1) is 29.1 Å². The van der Waals surface area contributed by atoms with Crippen LogP contribution in [0.1, 0.15) is 35.5 Å². The van der Waals surface area contributed by atoms with Gasteiger partial charge in [0, 0.05) is 6.54 Å². The van der Waals surface area contributed by atoms with Crippen molar-refractivity contribution in [2.75, 3.05) is 6.54 Å². The molecule has 0 N–H and O–H groups in total. The van der Waals surface area contributed by atoms with E-state index in [2.05, 4.69) is 12.1 Å². The molecule has 1 amide bonds. The summed E-state index contributed by atoms with van der Waals surface area (Å²) in [6.07, 6.45) is 0.982. The molecule has 0 aliphatic heterocycles. The van der Waals surface area contributed by atoms with E-state index < -0.39 is 6.04 Å². The number of para-hydroxylation sites is 1. The van der Waals surface area contributed by atoms with E-state index in [9.17, 15) is 9.59 Å². The lowest BCUT2D eigenvalue weighted by Crippen LogP contribution is -2.39. The monoisotopic (exact) mass is 501 g/mol. The highest BCUT2D eigenvalue weighted by molar-refractivity contribution is 5.80. The minimum absolute atomic E-state index is 0.00201. The van der Waals surface area contributed by atoms with Crippen molar-refractivity contribution < 1.29 is 4.79 Å². The normalized spacial score (nSPS) is 11.8. The third-order valence-electron chi connectivity index (χ3n) is 6.91. The molecular weight excluding hydrogens is 470 g/mol. The first-order valence-electron chi connectivity index (χ1n) is 13.0. The molecular formula is C33H31N3O2. The van der Waals surface area contributed by atoms with Gasteiger partial charge in [0.2, 0.25) is 5.91 Å². The summed E-state index contributed by atoms with van der Waals surface area (Å²) in [7, 11) is 0. The number of nitrogens with zero attached hydrogens (tertiary/aromatic N) is 3. The van der Waals surface area contributed by atoms with Gasteiger partial charge in [0.15, 0.2) is 0 Å². The number of rotatable bonds is 8. The SMILES string of the molecule is Cc1cccc(-n2c(C(C)N(CCc3ccccc3)C(=O)Cc3ccccc3)nc3ccccc3c2=O)c1. The molecule has 0 radical (unpaired) electrons. The molecule has 5 heteroatoms. The Morgan fingerprint density at radius 3 is 2.21 bits per heavy atom. The average Bonchev–Trinajstić information content (AvgIpc) is 2.94. The summed E-state index contributed by atoms with van der Waals surface area (Å²) in [5, 5.41) is 0.552. The maximum Gasteiger partial charge on any atom is 0.266 e. The van der Waals surface area contributed by atoms with E-state index >= 15 is 0 Å². The quantitative estimate of drug-likeness (QED) is 0.259. The van der Waals surface area contributed by atoms with Gasteiger partial charge >= 0.3 is 0 Å². The molecule has 0 spiro atoms. The van der Waals surface area contributed by atoms with Crippen molar-refractivity contribution in [3.63, 3.8) is 0 Å². The number of benzene rings is 4. The van der Waals surface area contributed by atoms with Gasteiger partial charge in [0.1, 0.15) is 5.82 Å². The van der Waals surface area contributed by atoms with Crippen LogP contribution in [0.2, 0.25) is 0 Å². The predicted molar refractivity (Wildman–Crippen MR) is 152 cm³/mol. The van der Waals surface area contributed by atoms with Crippen LogP contribution in [-0.2, 0) is 17.6 Å². The molecule has 0 fully saturated rings. The molecule has 1 aromatic heterocycles. The summed E-state index contributed by atoms with van der Waals surface area (Å²) in [4.78, 5) is 34.5. The molecule has 1 heterocycles. The number of fused-ring (bicyclic) bond motifs is 1. The van der Waals surface area contributed by atoms with Gasteiger partial charge in [-0.1, -0.05) is 84.9 Å². The van der Waals surface area contributed by atoms with Crippen molar-refractivity contribution in [3.8, 4) is 5.69 Å². The molecule has 1 atom stereocenters. The molecule has 0 saturated carbocycles. The van der Waals surface area contributed by atoms with Crippen LogP contribution in [0.4, 0.5) is 0 Å². The second-order valence-electron chi connectivity index (χ2n) is 9.63. The number of amides is 1. The second kappa shape index (κ2) is 11.3. The Kier molecular flexibility index (Phi) is 7.45. The molecule has 5 nitrogen and oxygen atoms in total. The highest BCUT2D eigenvalue weighted by Crippen LogP contribution is 2.24. The van der Waals surface area contributed by atoms with E-state index in [0.29, 0.717) is 29.7 Å². The highest BCUT2D eigenvalue weighted by Gasteiger charge is 2.27. The molecule has 0 bridgehead atoms. The third kappa shape index (κ3) is 5.42. The first-order valence-corrected chi connectivity index (χ1v) is 13.0. The maximum absolute atomic E-state index is 13.8. The lowest BCUT2D eigenvalue weighted by molar-refractivity contribution is -0.132. The molecule has 0 aliphatic carbocycles. The minimum atomic E-state index is -0.437. The second-order valence-corrected chi connectivity index (χ2v) is 9.63. The standard InChI is InChI=1S/C33H31N3O2/c1-24-12-11-17-28(22-24)36-32(34-30-19-10-9-18-29(30)33(36)38)25(2)35(21-20-26-13-5-3-6-14-26)31(37)23-27-15-7-4-8-16-27/h3-19,22,25H,20-21,23H2,1-2H3. The van der Waals surface area contributed by atoms with E-state index in [-0.39, 0.29) is 17.9 Å². The van der Waals surface area contributed by atoms with Gasteiger partial charge in [-0.05, 0) is 61.2 Å². The zero-order chi connectivity index (χ0) is 26.5. The van der Waals surface area contributed by atoms with Crippen LogP contribution in [0.3, 0.4) is 0 Å². The van der Waals surface area contributed by atoms with Crippen molar-refractivity contribution in [2.24, 2.45) is 0 Å². The predicted octanol–water partition coefficient (Wildman–Crippen LogP) is 6.07. The first kappa shape index (κ1) is 25.2. The van der Waals surface area contributed by atoms with Gasteiger partial charge in [0.25, 0.3) is 5.56 Å². The molecule has 1 unspecified atom stereocenters. The van der Waals surface area contributed by atoms with Crippen molar-refractivity contribution in [1.29, 1.82) is 0 Å². The molecule has 5 aromatic rings. The summed E-state index contributed by atoms with van der Waals surface area (Å²) in [5.74, 6) is 0.548. The van der Waals surface area contributed by atoms with Gasteiger partial charge < -0.3 is 4.90 Å². The summed E-state index contributed by atoms with van der Waals surface area (Å²) >= 11 is 0. The van der Waals surface area contributed by atoms with Crippen molar-refractivity contribution >= 4 is 16.8 Å². The van der Waals surface area contributed by atoms with Gasteiger partial charge in [-0.25, -0.2) is 4.98 Å². The average molecular weight is 502 g/mol. The number of hydrogen-bond acceptors (Lipinski definition) is 3. The molecule has 0 aliphatic rings. The Bertz CT molecular complexity index is 1610. The lowest BCUT2D eigenvalue weighted by atomic mass is 10.1. The summed E-state index contributed by atoms with van der Waals surface area (Å²) < 4.78 is 1.67. The Balaban J connectivity index is 1.61. The Morgan fingerprint density at radius 1 is 0.842 bits per heavy atom. The largest absolute Gasteiger partial charge is 0.332 e. The van der Waals surface area contributed by atoms with Gasteiger partial charge in [-0.2, -0.15) is 0 Å². The summed E-state index contributed by atoms with van der Waals surface area (Å²) in [5.41, 5.74) is 4.39. The van der Waals surface area contributed by atoms with E-state index in [1.807, 2.05) is 110 Å². The Hall–Kier alpha value is -4.51. The molecule has 4 aromatic carbocycles. The van der Waals surface area contributed by atoms with Crippen molar-refractivity contribution in [3.05, 3.63) is 142 Å². The Morgan fingerprint density at radius 2 is 1.50 bits per heavy atom. The number of hydrogen-bond donors (Lipinski definition) is 0. The van der Waals surface area contributed by atoms with Crippen LogP contribution in [-0.4, -0.2) is 26.9 Å². The molecule has 38 heavy (non-hydrogen) atoms. The van der Waals surface area contributed by atoms with Crippen LogP contribution >= 0.6 is 0 Å². The smallest absolute Gasteiger partial charge is 0.266 e. The first-order chi connectivity index (χ1) is 18.5. The van der Waals surface area contributed by atoms with E-state index in [4.69, 9.17) is 4.98 Å². The van der Waals surface area contributed by atoms with E-state index in [1.165, 1.54) is 0 Å². The number of carbonyl (C=O) groups excluding carboxylic acids is 1. The van der Waals surface area contributed by atoms with Crippen molar-refractivity contribution in [1.82, 2.24) is 14.5 Å². The fourth-order valence-corrected chi connectivity index (χ4v) is 4.89. The molecule has 0 saturated heterocycles. The number of carbonyl (C=O) groups is 1. The number of aromatic nitrogens is 2. The zero-order valence-corrected chi connectivity index (χ0v) is 21.7. The summed E-state index contributed by atoms with van der Waals surface area (Å²) in [6, 6.07) is 34.7. The van der Waals surface area contributed by atoms with Crippen LogP contribution in [0, 0.1) is 6.92 Å². The van der Waals surface area contributed by atoms with Crippen LogP contribution in [0.15, 0.2) is 114 Å². The molecule has 190 valence electrons. The Labute approximate surface area is 223 Å². The fraction of sp³-hybridized carbons (Fsp3) is 0.182. The van der Waals surface area contributed by atoms with E-state index in [0.717, 1.165) is 22.4 Å². The van der Waals surface area contributed by atoms with E-state index in [1.54, 1.807) is 10.6 Å².